The molecule has 0 unspecified atom stereocenters. The summed E-state index contributed by atoms with van der Waals surface area (Å²) >= 11 is 7.49. The molecule has 0 aliphatic carbocycles. The van der Waals surface area contributed by atoms with E-state index in [2.05, 4.69) is 4.98 Å². The summed E-state index contributed by atoms with van der Waals surface area (Å²) in [5.41, 5.74) is 1.26. The second-order valence-corrected chi connectivity index (χ2v) is 7.59. The van der Waals surface area contributed by atoms with Crippen LogP contribution in [0.2, 0.25) is 5.02 Å². The van der Waals surface area contributed by atoms with Gasteiger partial charge in [-0.3, -0.25) is 9.69 Å². The molecule has 0 radical (unpaired) electrons. The van der Waals surface area contributed by atoms with Gasteiger partial charge in [-0.15, -0.1) is 0 Å². The molecule has 1 amide bonds. The van der Waals surface area contributed by atoms with Gasteiger partial charge in [0.25, 0.3) is 5.91 Å². The number of carbonyl (C=O) groups is 1. The van der Waals surface area contributed by atoms with Gasteiger partial charge in [0.1, 0.15) is 5.76 Å². The van der Waals surface area contributed by atoms with E-state index in [9.17, 15) is 4.79 Å². The first kappa shape index (κ1) is 17.1. The summed E-state index contributed by atoms with van der Waals surface area (Å²) in [5.74, 6) is 1.63. The average Bonchev–Trinajstić information content (AvgIpc) is 3.44. The number of rotatable bonds is 4. The zero-order valence-corrected chi connectivity index (χ0v) is 16.0. The van der Waals surface area contributed by atoms with Crippen LogP contribution in [0.1, 0.15) is 16.1 Å². The Morgan fingerprint density at radius 1 is 1.14 bits per heavy atom. The van der Waals surface area contributed by atoms with Crippen LogP contribution in [0.4, 0.5) is 5.13 Å². The zero-order chi connectivity index (χ0) is 19.1. The molecule has 1 aliphatic heterocycles. The highest BCUT2D eigenvalue weighted by atomic mass is 35.5. The first-order chi connectivity index (χ1) is 13.7. The molecule has 0 bridgehead atoms. The Kier molecular flexibility index (Phi) is 4.18. The van der Waals surface area contributed by atoms with E-state index in [1.54, 1.807) is 41.5 Å². The van der Waals surface area contributed by atoms with Gasteiger partial charge in [0, 0.05) is 10.6 Å². The molecule has 0 saturated carbocycles. The lowest BCUT2D eigenvalue weighted by Crippen LogP contribution is -2.30. The maximum absolute atomic E-state index is 13.3. The van der Waals surface area contributed by atoms with Gasteiger partial charge >= 0.3 is 0 Å². The third-order valence-electron chi connectivity index (χ3n) is 4.33. The van der Waals surface area contributed by atoms with Crippen LogP contribution in [0.15, 0.2) is 59.2 Å². The quantitative estimate of drug-likeness (QED) is 0.465. The number of ether oxygens (including phenoxy) is 2. The highest BCUT2D eigenvalue weighted by molar-refractivity contribution is 7.22. The number of halogens is 1. The third kappa shape index (κ3) is 3.08. The van der Waals surface area contributed by atoms with E-state index in [-0.39, 0.29) is 19.2 Å². The molecule has 6 nitrogen and oxygen atoms in total. The standard InChI is InChI=1S/C20H13ClN2O4S/c21-13-4-5-15-18(9-13)28-20(22-15)23(10-14-2-1-7-25-14)19(24)12-3-6-16-17(8-12)27-11-26-16/h1-9H,10-11H2. The minimum absolute atomic E-state index is 0.154. The number of fused-ring (bicyclic) bond motifs is 2. The number of carbonyl (C=O) groups excluding carboxylic acids is 1. The minimum Gasteiger partial charge on any atom is -0.467 e. The van der Waals surface area contributed by atoms with Crippen LogP contribution in [0.3, 0.4) is 0 Å². The van der Waals surface area contributed by atoms with Crippen LogP contribution in [0.25, 0.3) is 10.2 Å². The van der Waals surface area contributed by atoms with Crippen molar-refractivity contribution in [3.8, 4) is 11.5 Å². The molecule has 1 aliphatic rings. The molecular formula is C20H13ClN2O4S. The van der Waals surface area contributed by atoms with Crippen molar-refractivity contribution in [2.24, 2.45) is 0 Å². The fraction of sp³-hybridized carbons (Fsp3) is 0.100. The Morgan fingerprint density at radius 2 is 2.04 bits per heavy atom. The van der Waals surface area contributed by atoms with Gasteiger partial charge in [0.05, 0.1) is 23.0 Å². The molecule has 0 saturated heterocycles. The van der Waals surface area contributed by atoms with Crippen molar-refractivity contribution >= 4 is 44.2 Å². The van der Waals surface area contributed by atoms with Crippen molar-refractivity contribution in [2.75, 3.05) is 11.7 Å². The SMILES string of the molecule is O=C(c1ccc2c(c1)OCO2)N(Cc1ccco1)c1nc2ccc(Cl)cc2s1. The van der Waals surface area contributed by atoms with Gasteiger partial charge < -0.3 is 13.9 Å². The van der Waals surface area contributed by atoms with Crippen LogP contribution in [-0.4, -0.2) is 17.7 Å². The van der Waals surface area contributed by atoms with Gasteiger partial charge in [-0.25, -0.2) is 4.98 Å². The van der Waals surface area contributed by atoms with Gasteiger partial charge in [-0.2, -0.15) is 0 Å². The first-order valence-corrected chi connectivity index (χ1v) is 9.67. The Bertz CT molecular complexity index is 1170. The summed E-state index contributed by atoms with van der Waals surface area (Å²) in [5, 5.41) is 1.19. The lowest BCUT2D eigenvalue weighted by Gasteiger charge is -2.19. The van der Waals surface area contributed by atoms with Gasteiger partial charge in [-0.05, 0) is 48.5 Å². The van der Waals surface area contributed by atoms with Crippen LogP contribution in [-0.2, 0) is 6.54 Å². The van der Waals surface area contributed by atoms with Crippen molar-refractivity contribution in [3.63, 3.8) is 0 Å². The molecule has 2 aromatic carbocycles. The highest BCUT2D eigenvalue weighted by Crippen LogP contribution is 2.35. The number of benzene rings is 2. The molecule has 5 rings (SSSR count). The molecule has 8 heteroatoms. The largest absolute Gasteiger partial charge is 0.467 e. The summed E-state index contributed by atoms with van der Waals surface area (Å²) in [6.45, 7) is 0.412. The lowest BCUT2D eigenvalue weighted by molar-refractivity contribution is 0.0983. The molecule has 140 valence electrons. The summed E-state index contributed by atoms with van der Waals surface area (Å²) < 4.78 is 17.1. The van der Waals surface area contributed by atoms with Crippen LogP contribution >= 0.6 is 22.9 Å². The number of nitrogens with zero attached hydrogens (tertiary/aromatic N) is 2. The van der Waals surface area contributed by atoms with E-state index in [1.807, 2.05) is 18.2 Å². The van der Waals surface area contributed by atoms with Crippen LogP contribution in [0, 0.1) is 0 Å². The number of hydrogen-bond donors (Lipinski definition) is 0. The Morgan fingerprint density at radius 3 is 2.89 bits per heavy atom. The molecule has 28 heavy (non-hydrogen) atoms. The molecule has 4 aromatic rings. The highest BCUT2D eigenvalue weighted by Gasteiger charge is 2.25. The van der Waals surface area contributed by atoms with Crippen molar-refractivity contribution < 1.29 is 18.7 Å². The van der Waals surface area contributed by atoms with E-state index in [4.69, 9.17) is 25.5 Å². The Labute approximate surface area is 168 Å². The topological polar surface area (TPSA) is 64.8 Å². The number of thiazole rings is 1. The summed E-state index contributed by atoms with van der Waals surface area (Å²) in [7, 11) is 0. The molecule has 0 atom stereocenters. The van der Waals surface area contributed by atoms with Crippen molar-refractivity contribution in [1.29, 1.82) is 0 Å². The van der Waals surface area contributed by atoms with Gasteiger partial charge in [0.2, 0.25) is 6.79 Å². The van der Waals surface area contributed by atoms with E-state index >= 15 is 0 Å². The average molecular weight is 413 g/mol. The normalized spacial score (nSPS) is 12.5. The minimum atomic E-state index is -0.208. The fourth-order valence-corrected chi connectivity index (χ4v) is 4.21. The molecule has 0 fully saturated rings. The Hall–Kier alpha value is -3.03. The maximum Gasteiger partial charge on any atom is 0.260 e. The van der Waals surface area contributed by atoms with E-state index < -0.39 is 0 Å². The van der Waals surface area contributed by atoms with Crippen molar-refractivity contribution in [1.82, 2.24) is 4.98 Å². The predicted octanol–water partition coefficient (Wildman–Crippen LogP) is 5.12. The van der Waals surface area contributed by atoms with Gasteiger partial charge in [0.15, 0.2) is 16.6 Å². The fourth-order valence-electron chi connectivity index (χ4n) is 2.97. The zero-order valence-electron chi connectivity index (χ0n) is 14.4. The molecule has 3 heterocycles. The number of amides is 1. The second kappa shape index (κ2) is 6.85. The van der Waals surface area contributed by atoms with Crippen LogP contribution in [0.5, 0.6) is 11.5 Å². The number of hydrogen-bond acceptors (Lipinski definition) is 6. The first-order valence-electron chi connectivity index (χ1n) is 8.47. The monoisotopic (exact) mass is 412 g/mol. The molecule has 0 spiro atoms. The molecule has 2 aromatic heterocycles. The lowest BCUT2D eigenvalue weighted by atomic mass is 10.1. The van der Waals surface area contributed by atoms with E-state index in [1.165, 1.54) is 11.3 Å². The third-order valence-corrected chi connectivity index (χ3v) is 5.61. The van der Waals surface area contributed by atoms with Gasteiger partial charge in [-0.1, -0.05) is 22.9 Å². The van der Waals surface area contributed by atoms with E-state index in [0.29, 0.717) is 33.0 Å². The molecular weight excluding hydrogens is 400 g/mol. The molecule has 0 N–H and O–H groups in total. The summed E-state index contributed by atoms with van der Waals surface area (Å²) in [6.07, 6.45) is 1.58. The Balaban J connectivity index is 1.56. The van der Waals surface area contributed by atoms with Crippen LogP contribution < -0.4 is 14.4 Å². The number of aromatic nitrogens is 1. The maximum atomic E-state index is 13.3. The van der Waals surface area contributed by atoms with Crippen molar-refractivity contribution in [3.05, 3.63) is 71.1 Å². The second-order valence-electron chi connectivity index (χ2n) is 6.15. The van der Waals surface area contributed by atoms with Crippen molar-refractivity contribution in [2.45, 2.75) is 6.54 Å². The summed E-state index contributed by atoms with van der Waals surface area (Å²) in [6, 6.07) is 14.2. The predicted molar refractivity (Wildman–Crippen MR) is 106 cm³/mol. The smallest absolute Gasteiger partial charge is 0.260 e. The summed E-state index contributed by atoms with van der Waals surface area (Å²) in [4.78, 5) is 19.6. The van der Waals surface area contributed by atoms with E-state index in [0.717, 1.165) is 10.2 Å². The number of furan rings is 1. The number of anilines is 1.